The van der Waals surface area contributed by atoms with Crippen LogP contribution in [-0.4, -0.2) is 15.3 Å². The lowest BCUT2D eigenvalue weighted by molar-refractivity contribution is 0.102. The molecule has 2 aromatic heterocycles. The molecule has 0 unspecified atom stereocenters. The minimum absolute atomic E-state index is 0.261. The smallest absolute Gasteiger partial charge is 0.259 e. The van der Waals surface area contributed by atoms with Crippen LogP contribution in [0.2, 0.25) is 5.02 Å². The quantitative estimate of drug-likeness (QED) is 0.542. The second-order valence-corrected chi connectivity index (χ2v) is 6.38. The normalized spacial score (nSPS) is 10.7. The molecule has 4 rings (SSSR count). The Kier molecular flexibility index (Phi) is 4.77. The van der Waals surface area contributed by atoms with Crippen LogP contribution in [0, 0.1) is 0 Å². The molecule has 0 radical (unpaired) electrons. The topological polar surface area (TPSA) is 55.6 Å². The first kappa shape index (κ1) is 17.1. The van der Waals surface area contributed by atoms with E-state index >= 15 is 0 Å². The first-order valence-electron chi connectivity index (χ1n) is 8.40. The number of nitrogens with zero attached hydrogens (tertiary/aromatic N) is 2. The predicted molar refractivity (Wildman–Crippen MR) is 105 cm³/mol. The zero-order valence-electron chi connectivity index (χ0n) is 14.3. The fraction of sp³-hybridized carbons (Fsp3) is 0.0476. The Labute approximate surface area is 161 Å². The van der Waals surface area contributed by atoms with Crippen molar-refractivity contribution in [1.82, 2.24) is 9.38 Å². The lowest BCUT2D eigenvalue weighted by Gasteiger charge is -2.11. The van der Waals surface area contributed by atoms with E-state index in [0.29, 0.717) is 22.0 Å². The van der Waals surface area contributed by atoms with E-state index in [4.69, 9.17) is 16.3 Å². The van der Waals surface area contributed by atoms with Crippen LogP contribution < -0.4 is 10.1 Å². The van der Waals surface area contributed by atoms with Crippen LogP contribution in [-0.2, 0) is 6.61 Å². The molecule has 0 aliphatic heterocycles. The molecule has 27 heavy (non-hydrogen) atoms. The Hall–Kier alpha value is -3.31. The van der Waals surface area contributed by atoms with Crippen molar-refractivity contribution in [1.29, 1.82) is 0 Å². The highest BCUT2D eigenvalue weighted by molar-refractivity contribution is 6.31. The van der Waals surface area contributed by atoms with Crippen molar-refractivity contribution in [3.8, 4) is 5.75 Å². The molecule has 4 aromatic rings. The molecular formula is C21H16ClN3O2. The number of aromatic nitrogens is 2. The van der Waals surface area contributed by atoms with E-state index in [1.165, 1.54) is 0 Å². The second kappa shape index (κ2) is 7.51. The lowest BCUT2D eigenvalue weighted by atomic mass is 10.2. The Balaban J connectivity index is 1.51. The Morgan fingerprint density at radius 3 is 2.78 bits per heavy atom. The van der Waals surface area contributed by atoms with Gasteiger partial charge in [-0.05, 0) is 42.5 Å². The number of halogens is 1. The molecule has 0 atom stereocenters. The molecule has 0 spiro atoms. The SMILES string of the molecule is O=C(Nc1cccc(Cl)c1)c1ccccc1OCc1cn2ccccc2n1. The number of para-hydroxylation sites is 1. The zero-order valence-corrected chi connectivity index (χ0v) is 15.1. The summed E-state index contributed by atoms with van der Waals surface area (Å²) in [5, 5.41) is 3.40. The largest absolute Gasteiger partial charge is 0.486 e. The van der Waals surface area contributed by atoms with Crippen molar-refractivity contribution in [2.24, 2.45) is 0 Å². The van der Waals surface area contributed by atoms with E-state index in [1.54, 1.807) is 42.5 Å². The van der Waals surface area contributed by atoms with Gasteiger partial charge in [0, 0.05) is 23.1 Å². The van der Waals surface area contributed by atoms with Crippen molar-refractivity contribution < 1.29 is 9.53 Å². The van der Waals surface area contributed by atoms with Gasteiger partial charge in [-0.25, -0.2) is 4.98 Å². The van der Waals surface area contributed by atoms with Gasteiger partial charge in [-0.15, -0.1) is 0 Å². The summed E-state index contributed by atoms with van der Waals surface area (Å²) < 4.78 is 7.80. The van der Waals surface area contributed by atoms with Crippen molar-refractivity contribution in [3.05, 3.63) is 95.4 Å². The van der Waals surface area contributed by atoms with Gasteiger partial charge in [0.2, 0.25) is 0 Å². The number of carbonyl (C=O) groups excluding carboxylic acids is 1. The molecule has 0 fully saturated rings. The second-order valence-electron chi connectivity index (χ2n) is 5.95. The van der Waals surface area contributed by atoms with Gasteiger partial charge in [0.1, 0.15) is 18.0 Å². The highest BCUT2D eigenvalue weighted by atomic mass is 35.5. The average Bonchev–Trinajstić information content (AvgIpc) is 3.09. The van der Waals surface area contributed by atoms with Gasteiger partial charge < -0.3 is 14.5 Å². The average molecular weight is 378 g/mol. The van der Waals surface area contributed by atoms with Crippen LogP contribution in [0.15, 0.2) is 79.1 Å². The summed E-state index contributed by atoms with van der Waals surface area (Å²) in [6, 6.07) is 19.9. The van der Waals surface area contributed by atoms with E-state index < -0.39 is 0 Å². The van der Waals surface area contributed by atoms with Gasteiger partial charge in [0.25, 0.3) is 5.91 Å². The number of ether oxygens (including phenoxy) is 1. The standard InChI is InChI=1S/C21H16ClN3O2/c22-15-6-5-7-16(12-15)24-21(26)18-8-1-2-9-19(18)27-14-17-13-25-11-4-3-10-20(25)23-17/h1-13H,14H2,(H,24,26). The molecule has 2 aromatic carbocycles. The number of fused-ring (bicyclic) bond motifs is 1. The molecule has 5 nitrogen and oxygen atoms in total. The molecule has 0 aliphatic carbocycles. The summed E-state index contributed by atoms with van der Waals surface area (Å²) in [6.07, 6.45) is 3.84. The number of hydrogen-bond donors (Lipinski definition) is 1. The maximum absolute atomic E-state index is 12.6. The van der Waals surface area contributed by atoms with Crippen LogP contribution in [0.1, 0.15) is 16.1 Å². The van der Waals surface area contributed by atoms with E-state index in [1.807, 2.05) is 41.1 Å². The number of imidazole rings is 1. The number of pyridine rings is 1. The van der Waals surface area contributed by atoms with Crippen LogP contribution in [0.25, 0.3) is 5.65 Å². The van der Waals surface area contributed by atoms with Gasteiger partial charge in [-0.3, -0.25) is 4.79 Å². The van der Waals surface area contributed by atoms with E-state index in [0.717, 1.165) is 11.3 Å². The number of rotatable bonds is 5. The van der Waals surface area contributed by atoms with Gasteiger partial charge in [-0.2, -0.15) is 0 Å². The maximum Gasteiger partial charge on any atom is 0.259 e. The Bertz CT molecular complexity index is 1070. The monoisotopic (exact) mass is 377 g/mol. The molecule has 2 heterocycles. The van der Waals surface area contributed by atoms with Crippen molar-refractivity contribution in [2.75, 3.05) is 5.32 Å². The number of nitrogens with one attached hydrogen (secondary N) is 1. The van der Waals surface area contributed by atoms with Crippen LogP contribution in [0.5, 0.6) is 5.75 Å². The number of benzene rings is 2. The molecule has 0 saturated carbocycles. The maximum atomic E-state index is 12.6. The van der Waals surface area contributed by atoms with Gasteiger partial charge in [-0.1, -0.05) is 35.9 Å². The molecule has 1 amide bonds. The van der Waals surface area contributed by atoms with Crippen LogP contribution in [0.4, 0.5) is 5.69 Å². The predicted octanol–water partition coefficient (Wildman–Crippen LogP) is 4.82. The van der Waals surface area contributed by atoms with Gasteiger partial charge in [0.05, 0.1) is 11.3 Å². The molecule has 0 aliphatic rings. The highest BCUT2D eigenvalue weighted by Crippen LogP contribution is 2.22. The van der Waals surface area contributed by atoms with Crippen molar-refractivity contribution >= 4 is 28.8 Å². The third-order valence-corrected chi connectivity index (χ3v) is 4.24. The fourth-order valence-electron chi connectivity index (χ4n) is 2.75. The molecule has 6 heteroatoms. The number of anilines is 1. The fourth-order valence-corrected chi connectivity index (χ4v) is 2.94. The molecular weight excluding hydrogens is 362 g/mol. The van der Waals surface area contributed by atoms with Crippen LogP contribution in [0.3, 0.4) is 0 Å². The van der Waals surface area contributed by atoms with Crippen molar-refractivity contribution in [3.63, 3.8) is 0 Å². The first-order valence-corrected chi connectivity index (χ1v) is 8.78. The van der Waals surface area contributed by atoms with E-state index in [2.05, 4.69) is 10.3 Å². The zero-order chi connectivity index (χ0) is 18.6. The summed E-state index contributed by atoms with van der Waals surface area (Å²) >= 11 is 5.97. The highest BCUT2D eigenvalue weighted by Gasteiger charge is 2.13. The summed E-state index contributed by atoms with van der Waals surface area (Å²) in [5.74, 6) is 0.233. The molecule has 0 saturated heterocycles. The Morgan fingerprint density at radius 2 is 1.93 bits per heavy atom. The van der Waals surface area contributed by atoms with Gasteiger partial charge >= 0.3 is 0 Å². The Morgan fingerprint density at radius 1 is 1.07 bits per heavy atom. The summed E-state index contributed by atoms with van der Waals surface area (Å²) in [4.78, 5) is 17.1. The summed E-state index contributed by atoms with van der Waals surface area (Å²) in [7, 11) is 0. The van der Waals surface area contributed by atoms with E-state index in [-0.39, 0.29) is 12.5 Å². The molecule has 1 N–H and O–H groups in total. The number of amides is 1. The summed E-state index contributed by atoms with van der Waals surface area (Å²) in [5.41, 5.74) is 2.71. The lowest BCUT2D eigenvalue weighted by Crippen LogP contribution is -2.13. The van der Waals surface area contributed by atoms with E-state index in [9.17, 15) is 4.79 Å². The number of hydrogen-bond acceptors (Lipinski definition) is 3. The van der Waals surface area contributed by atoms with Crippen LogP contribution >= 0.6 is 11.6 Å². The van der Waals surface area contributed by atoms with Gasteiger partial charge in [0.15, 0.2) is 0 Å². The first-order chi connectivity index (χ1) is 13.2. The molecule has 0 bridgehead atoms. The van der Waals surface area contributed by atoms with Crippen molar-refractivity contribution in [2.45, 2.75) is 6.61 Å². The minimum Gasteiger partial charge on any atom is -0.486 e. The summed E-state index contributed by atoms with van der Waals surface area (Å²) in [6.45, 7) is 0.267. The molecule has 134 valence electrons. The third-order valence-electron chi connectivity index (χ3n) is 4.00. The third kappa shape index (κ3) is 3.93. The number of carbonyl (C=O) groups is 1. The minimum atomic E-state index is -0.261.